The normalized spacial score (nSPS) is 15.2. The smallest absolute Gasteiger partial charge is 0.321 e. The van der Waals surface area contributed by atoms with Crippen LogP contribution in [-0.2, 0) is 11.2 Å². The molecule has 0 aliphatic heterocycles. The monoisotopic (exact) mass is 809 g/mol. The van der Waals surface area contributed by atoms with E-state index >= 15 is 0 Å². The van der Waals surface area contributed by atoms with Gasteiger partial charge in [0.05, 0.1) is 17.2 Å². The first-order chi connectivity index (χ1) is 12.2. The van der Waals surface area contributed by atoms with Crippen LogP contribution in [0.5, 0.6) is 5.75 Å². The van der Waals surface area contributed by atoms with E-state index in [2.05, 4.69) is 102 Å². The van der Waals surface area contributed by atoms with Crippen LogP contribution < -0.4 is 10.1 Å². The average molecular weight is 809 g/mol. The topological polar surface area (TPSA) is 78.8 Å². The molecule has 0 aliphatic carbocycles. The molecule has 0 spiro atoms. The van der Waals surface area contributed by atoms with Gasteiger partial charge in [0.1, 0.15) is 18.4 Å². The van der Waals surface area contributed by atoms with E-state index in [0.29, 0.717) is 13.0 Å². The molecule has 26 heavy (non-hydrogen) atoms. The fraction of sp³-hybridized carbons (Fsp3) is 0.353. The van der Waals surface area contributed by atoms with Crippen LogP contribution in [0.3, 0.4) is 0 Å². The number of aliphatic hydroxyl groups is 1. The van der Waals surface area contributed by atoms with Gasteiger partial charge in [-0.25, -0.2) is 0 Å². The summed E-state index contributed by atoms with van der Waals surface area (Å²) in [7, 11) is 1.64. The standard InChI is InChI=1S/C17H19I4NO4/c1-3-10(18)15(23)11(19)4-5-26-16-12(20)6-9(7-13(16)21)8-14(22-2)17(24)25/h3-4,6-7,10,14-15,22-23H,1,5,8H2,2H3,(H,24,25)/b11-4+. The van der Waals surface area contributed by atoms with Crippen LogP contribution in [0.1, 0.15) is 5.56 Å². The highest BCUT2D eigenvalue weighted by Gasteiger charge is 2.18. The SMILES string of the molecule is C=CC(I)C(O)/C(I)=C\COc1c(I)cc(CC(NC)C(=O)O)cc1I. The lowest BCUT2D eigenvalue weighted by molar-refractivity contribution is -0.139. The third-order valence-corrected chi connectivity index (χ3v) is 7.33. The molecular formula is C17H19I4NO4. The van der Waals surface area contributed by atoms with Crippen molar-refractivity contribution in [1.29, 1.82) is 0 Å². The Hall–Kier alpha value is 0.810. The van der Waals surface area contributed by atoms with Gasteiger partial charge in [-0.2, -0.15) is 0 Å². The number of halogens is 4. The van der Waals surface area contributed by atoms with Crippen LogP contribution in [0.4, 0.5) is 0 Å². The van der Waals surface area contributed by atoms with Crippen molar-refractivity contribution in [2.75, 3.05) is 13.7 Å². The van der Waals surface area contributed by atoms with Crippen LogP contribution in [0.15, 0.2) is 34.4 Å². The predicted molar refractivity (Wildman–Crippen MR) is 138 cm³/mol. The quantitative estimate of drug-likeness (QED) is 0.188. The van der Waals surface area contributed by atoms with Gasteiger partial charge in [0, 0.05) is 3.58 Å². The van der Waals surface area contributed by atoms with E-state index in [1.54, 1.807) is 13.1 Å². The Balaban J connectivity index is 2.83. The highest BCUT2D eigenvalue weighted by Crippen LogP contribution is 2.30. The first-order valence-corrected chi connectivity index (χ1v) is 12.0. The van der Waals surface area contributed by atoms with Crippen LogP contribution in [-0.4, -0.2) is 45.9 Å². The molecule has 0 heterocycles. The summed E-state index contributed by atoms with van der Waals surface area (Å²) in [6.45, 7) is 4.03. The number of aliphatic carboxylic acids is 1. The van der Waals surface area contributed by atoms with Crippen LogP contribution in [0.25, 0.3) is 0 Å². The number of carbonyl (C=O) groups is 1. The molecule has 3 unspecified atom stereocenters. The Labute approximate surface area is 208 Å². The van der Waals surface area contributed by atoms with E-state index in [4.69, 9.17) is 4.74 Å². The third-order valence-electron chi connectivity index (χ3n) is 3.46. The Kier molecular flexibility index (Phi) is 11.8. The molecule has 1 aromatic rings. The summed E-state index contributed by atoms with van der Waals surface area (Å²) < 4.78 is 8.47. The van der Waals surface area contributed by atoms with Gasteiger partial charge >= 0.3 is 5.97 Å². The fourth-order valence-electron chi connectivity index (χ4n) is 2.02. The lowest BCUT2D eigenvalue weighted by Gasteiger charge is -2.15. The first kappa shape index (κ1) is 24.8. The largest absolute Gasteiger partial charge is 0.487 e. The maximum absolute atomic E-state index is 11.2. The van der Waals surface area contributed by atoms with E-state index in [0.717, 1.165) is 22.0 Å². The zero-order valence-electron chi connectivity index (χ0n) is 13.9. The van der Waals surface area contributed by atoms with Gasteiger partial charge < -0.3 is 20.3 Å². The number of aliphatic hydroxyl groups excluding tert-OH is 1. The maximum atomic E-state index is 11.2. The lowest BCUT2D eigenvalue weighted by Crippen LogP contribution is -2.35. The molecule has 0 amide bonds. The molecule has 0 fully saturated rings. The van der Waals surface area contributed by atoms with Crippen molar-refractivity contribution in [3.63, 3.8) is 0 Å². The summed E-state index contributed by atoms with van der Waals surface area (Å²) >= 11 is 8.63. The second-order valence-electron chi connectivity index (χ2n) is 5.30. The zero-order chi connectivity index (χ0) is 19.9. The van der Waals surface area contributed by atoms with Crippen LogP contribution in [0, 0.1) is 7.14 Å². The van der Waals surface area contributed by atoms with Gasteiger partial charge in [-0.05, 0) is 105 Å². The Morgan fingerprint density at radius 2 is 1.96 bits per heavy atom. The lowest BCUT2D eigenvalue weighted by atomic mass is 10.1. The molecule has 0 saturated heterocycles. The summed E-state index contributed by atoms with van der Waals surface area (Å²) in [6, 6.07) is 3.26. The molecule has 0 aliphatic rings. The fourth-order valence-corrected chi connectivity index (χ4v) is 5.87. The minimum atomic E-state index is -0.871. The summed E-state index contributed by atoms with van der Waals surface area (Å²) in [5.41, 5.74) is 0.937. The number of hydrogen-bond acceptors (Lipinski definition) is 4. The van der Waals surface area contributed by atoms with E-state index in [-0.39, 0.29) is 3.92 Å². The third kappa shape index (κ3) is 7.67. The second-order valence-corrected chi connectivity index (χ2v) is 10.3. The number of carboxylic acid groups (broad SMARTS) is 1. The minimum absolute atomic E-state index is 0.0512. The van der Waals surface area contributed by atoms with Crippen molar-refractivity contribution in [2.45, 2.75) is 22.5 Å². The Morgan fingerprint density at radius 1 is 1.38 bits per heavy atom. The highest BCUT2D eigenvalue weighted by atomic mass is 127. The Bertz CT molecular complexity index is 658. The first-order valence-electron chi connectivity index (χ1n) is 7.52. The second kappa shape index (κ2) is 12.4. The summed E-state index contributed by atoms with van der Waals surface area (Å²) in [5.74, 6) is -0.111. The number of rotatable bonds is 10. The number of benzene rings is 1. The molecule has 1 rings (SSSR count). The zero-order valence-corrected chi connectivity index (χ0v) is 22.5. The summed E-state index contributed by atoms with van der Waals surface area (Å²) in [5, 5.41) is 22.1. The summed E-state index contributed by atoms with van der Waals surface area (Å²) in [6.07, 6.45) is 3.37. The van der Waals surface area contributed by atoms with Crippen LogP contribution in [0.2, 0.25) is 0 Å². The predicted octanol–water partition coefficient (Wildman–Crippen LogP) is 4.16. The molecule has 9 heteroatoms. The van der Waals surface area contributed by atoms with Gasteiger partial charge in [-0.3, -0.25) is 4.79 Å². The molecule has 3 N–H and O–H groups in total. The molecule has 144 valence electrons. The number of nitrogens with one attached hydrogen (secondary N) is 1. The molecular weight excluding hydrogens is 790 g/mol. The van der Waals surface area contributed by atoms with Crippen molar-refractivity contribution in [2.24, 2.45) is 0 Å². The van der Waals surface area contributed by atoms with Crippen LogP contribution >= 0.6 is 90.4 Å². The van der Waals surface area contributed by atoms with Gasteiger partial charge in [-0.1, -0.05) is 28.7 Å². The number of hydrogen-bond donors (Lipinski definition) is 3. The van der Waals surface area contributed by atoms with E-state index < -0.39 is 18.1 Å². The van der Waals surface area contributed by atoms with Gasteiger partial charge in [-0.15, -0.1) is 6.58 Å². The Morgan fingerprint density at radius 3 is 2.42 bits per heavy atom. The molecule has 5 nitrogen and oxygen atoms in total. The molecule has 1 aromatic carbocycles. The van der Waals surface area contributed by atoms with Gasteiger partial charge in [0.2, 0.25) is 0 Å². The van der Waals surface area contributed by atoms with Crippen molar-refractivity contribution in [3.8, 4) is 5.75 Å². The van der Waals surface area contributed by atoms with Crippen molar-refractivity contribution < 1.29 is 19.7 Å². The molecule has 0 saturated carbocycles. The van der Waals surface area contributed by atoms with Gasteiger partial charge in [0.15, 0.2) is 0 Å². The van der Waals surface area contributed by atoms with E-state index in [1.807, 2.05) is 18.2 Å². The average Bonchev–Trinajstić information content (AvgIpc) is 2.59. The number of carboxylic acids is 1. The number of alkyl halides is 1. The van der Waals surface area contributed by atoms with E-state index in [9.17, 15) is 15.0 Å². The molecule has 0 radical (unpaired) electrons. The molecule has 0 bridgehead atoms. The molecule has 0 aromatic heterocycles. The molecule has 3 atom stereocenters. The van der Waals surface area contributed by atoms with E-state index in [1.165, 1.54) is 0 Å². The van der Waals surface area contributed by atoms with Gasteiger partial charge in [0.25, 0.3) is 0 Å². The highest BCUT2D eigenvalue weighted by molar-refractivity contribution is 14.1. The maximum Gasteiger partial charge on any atom is 0.321 e. The summed E-state index contributed by atoms with van der Waals surface area (Å²) in [4.78, 5) is 11.2. The van der Waals surface area contributed by atoms with Crippen molar-refractivity contribution in [1.82, 2.24) is 5.32 Å². The number of ether oxygens (including phenoxy) is 1. The minimum Gasteiger partial charge on any atom is -0.487 e. The van der Waals surface area contributed by atoms with Crippen molar-refractivity contribution >= 4 is 96.3 Å². The van der Waals surface area contributed by atoms with Crippen molar-refractivity contribution in [3.05, 3.63) is 47.1 Å². The number of likely N-dealkylation sites (N-methyl/N-ethyl adjacent to an activating group) is 1.